The number of benzene rings is 1. The molecule has 0 bridgehead atoms. The number of hydrogen-bond acceptors (Lipinski definition) is 5. The summed E-state index contributed by atoms with van der Waals surface area (Å²) in [4.78, 5) is 26.1. The van der Waals surface area contributed by atoms with Gasteiger partial charge in [-0.3, -0.25) is 9.59 Å². The Morgan fingerprint density at radius 1 is 1.39 bits per heavy atom. The minimum absolute atomic E-state index is 0.0230. The zero-order valence-electron chi connectivity index (χ0n) is 13.6. The Bertz CT molecular complexity index is 550. The summed E-state index contributed by atoms with van der Waals surface area (Å²) in [6.07, 6.45) is 0. The molecule has 0 aliphatic carbocycles. The zero-order chi connectivity index (χ0) is 16.8. The third-order valence-corrected chi connectivity index (χ3v) is 4.94. The van der Waals surface area contributed by atoms with Crippen molar-refractivity contribution < 1.29 is 19.1 Å². The number of nitrogens with one attached hydrogen (secondary N) is 1. The molecule has 0 saturated carbocycles. The van der Waals surface area contributed by atoms with Crippen molar-refractivity contribution in [2.45, 2.75) is 18.3 Å². The molecule has 6 nitrogen and oxygen atoms in total. The highest BCUT2D eigenvalue weighted by atomic mass is 32.2. The Balaban J connectivity index is 2.10. The van der Waals surface area contributed by atoms with Gasteiger partial charge in [0.1, 0.15) is 17.2 Å². The van der Waals surface area contributed by atoms with Gasteiger partial charge in [0.2, 0.25) is 11.8 Å². The molecule has 1 aromatic rings. The number of thioether (sulfide) groups is 1. The third kappa shape index (κ3) is 4.17. The second-order valence-corrected chi connectivity index (χ2v) is 6.27. The average Bonchev–Trinajstić information content (AvgIpc) is 2.96. The number of hydrogen-bond donors (Lipinski definition) is 1. The standard InChI is InChI=1S/C16H22N2O4S/c1-11(15(20)17-8-9-21-2)18-14(19)10-23-16(18)12-4-6-13(22-3)7-5-12/h4-7,11,16H,8-10H2,1-3H3,(H,17,20)/t11-,16-/m0/s1. The second kappa shape index (κ2) is 8.21. The van der Waals surface area contributed by atoms with E-state index in [9.17, 15) is 9.59 Å². The number of ether oxygens (including phenoxy) is 2. The maximum absolute atomic E-state index is 12.2. The van der Waals surface area contributed by atoms with E-state index in [-0.39, 0.29) is 17.2 Å². The highest BCUT2D eigenvalue weighted by Gasteiger charge is 2.38. The van der Waals surface area contributed by atoms with Crippen LogP contribution < -0.4 is 10.1 Å². The maximum Gasteiger partial charge on any atom is 0.242 e. The first kappa shape index (κ1) is 17.6. The van der Waals surface area contributed by atoms with E-state index >= 15 is 0 Å². The topological polar surface area (TPSA) is 67.9 Å². The van der Waals surface area contributed by atoms with E-state index in [0.717, 1.165) is 11.3 Å². The Morgan fingerprint density at radius 2 is 2.09 bits per heavy atom. The van der Waals surface area contributed by atoms with Crippen LogP contribution in [0.5, 0.6) is 5.75 Å². The molecule has 1 saturated heterocycles. The summed E-state index contributed by atoms with van der Waals surface area (Å²) in [6.45, 7) is 2.63. The van der Waals surface area contributed by atoms with Crippen molar-refractivity contribution in [1.82, 2.24) is 10.2 Å². The van der Waals surface area contributed by atoms with Crippen LogP contribution in [0.15, 0.2) is 24.3 Å². The molecule has 2 amide bonds. The van der Waals surface area contributed by atoms with Gasteiger partial charge < -0.3 is 19.7 Å². The van der Waals surface area contributed by atoms with E-state index in [0.29, 0.717) is 18.9 Å². The van der Waals surface area contributed by atoms with E-state index in [1.807, 2.05) is 24.3 Å². The van der Waals surface area contributed by atoms with Crippen molar-refractivity contribution in [3.63, 3.8) is 0 Å². The van der Waals surface area contributed by atoms with Crippen molar-refractivity contribution in [2.75, 3.05) is 33.1 Å². The lowest BCUT2D eigenvalue weighted by Crippen LogP contribution is -2.47. The number of rotatable bonds is 7. The highest BCUT2D eigenvalue weighted by molar-refractivity contribution is 8.00. The molecule has 1 N–H and O–H groups in total. The number of carbonyl (C=O) groups excluding carboxylic acids is 2. The first-order valence-corrected chi connectivity index (χ1v) is 8.46. The summed E-state index contributed by atoms with van der Waals surface area (Å²) in [5.74, 6) is 0.952. The lowest BCUT2D eigenvalue weighted by Gasteiger charge is -2.29. The largest absolute Gasteiger partial charge is 0.497 e. The van der Waals surface area contributed by atoms with Crippen LogP contribution in [0.1, 0.15) is 17.9 Å². The van der Waals surface area contributed by atoms with Crippen LogP contribution in [0.25, 0.3) is 0 Å². The van der Waals surface area contributed by atoms with Gasteiger partial charge >= 0.3 is 0 Å². The highest BCUT2D eigenvalue weighted by Crippen LogP contribution is 2.40. The van der Waals surface area contributed by atoms with Crippen molar-refractivity contribution in [2.24, 2.45) is 0 Å². The number of nitrogens with zero attached hydrogens (tertiary/aromatic N) is 1. The van der Waals surface area contributed by atoms with Crippen molar-refractivity contribution >= 4 is 23.6 Å². The summed E-state index contributed by atoms with van der Waals surface area (Å²) >= 11 is 1.53. The van der Waals surface area contributed by atoms with Crippen LogP contribution in [0.3, 0.4) is 0 Å². The van der Waals surface area contributed by atoms with E-state index < -0.39 is 6.04 Å². The lowest BCUT2D eigenvalue weighted by molar-refractivity contribution is -0.137. The van der Waals surface area contributed by atoms with E-state index in [1.54, 1.807) is 26.0 Å². The fourth-order valence-electron chi connectivity index (χ4n) is 2.43. The molecule has 7 heteroatoms. The fraction of sp³-hybridized carbons (Fsp3) is 0.500. The monoisotopic (exact) mass is 338 g/mol. The van der Waals surface area contributed by atoms with Crippen LogP contribution in [0, 0.1) is 0 Å². The smallest absolute Gasteiger partial charge is 0.242 e. The van der Waals surface area contributed by atoms with Crippen LogP contribution in [0.2, 0.25) is 0 Å². The maximum atomic E-state index is 12.2. The van der Waals surface area contributed by atoms with Gasteiger partial charge in [-0.1, -0.05) is 12.1 Å². The summed E-state index contributed by atoms with van der Waals surface area (Å²) < 4.78 is 10.1. The normalized spacial score (nSPS) is 18.8. The Morgan fingerprint density at radius 3 is 2.70 bits per heavy atom. The van der Waals surface area contributed by atoms with Gasteiger partial charge in [0.25, 0.3) is 0 Å². The predicted molar refractivity (Wildman–Crippen MR) is 89.4 cm³/mol. The van der Waals surface area contributed by atoms with Crippen molar-refractivity contribution in [3.8, 4) is 5.75 Å². The van der Waals surface area contributed by atoms with E-state index in [4.69, 9.17) is 9.47 Å². The Kier molecular flexibility index (Phi) is 6.29. The van der Waals surface area contributed by atoms with Crippen molar-refractivity contribution in [1.29, 1.82) is 0 Å². The molecule has 0 spiro atoms. The average molecular weight is 338 g/mol. The van der Waals surface area contributed by atoms with Gasteiger partial charge in [-0.05, 0) is 24.6 Å². The molecule has 1 aromatic carbocycles. The zero-order valence-corrected chi connectivity index (χ0v) is 14.4. The summed E-state index contributed by atoms with van der Waals surface area (Å²) in [6, 6.07) is 7.05. The molecule has 2 atom stereocenters. The van der Waals surface area contributed by atoms with Crippen LogP contribution >= 0.6 is 11.8 Å². The molecule has 1 fully saturated rings. The molecule has 0 aromatic heterocycles. The Hall–Kier alpha value is -1.73. The molecule has 2 rings (SSSR count). The molecule has 23 heavy (non-hydrogen) atoms. The van der Waals surface area contributed by atoms with Crippen LogP contribution in [-0.4, -0.2) is 55.9 Å². The van der Waals surface area contributed by atoms with Gasteiger partial charge in [0.15, 0.2) is 0 Å². The minimum Gasteiger partial charge on any atom is -0.497 e. The molecular formula is C16H22N2O4S. The fourth-order valence-corrected chi connectivity index (χ4v) is 3.69. The number of amides is 2. The Labute approximate surface area is 140 Å². The summed E-state index contributed by atoms with van der Waals surface area (Å²) in [5.41, 5.74) is 0.984. The van der Waals surface area contributed by atoms with Crippen LogP contribution in [-0.2, 0) is 14.3 Å². The van der Waals surface area contributed by atoms with Gasteiger partial charge in [0.05, 0.1) is 19.5 Å². The number of carbonyl (C=O) groups is 2. The van der Waals surface area contributed by atoms with Crippen LogP contribution in [0.4, 0.5) is 0 Å². The molecule has 1 aliphatic heterocycles. The van der Waals surface area contributed by atoms with Crippen molar-refractivity contribution in [3.05, 3.63) is 29.8 Å². The quantitative estimate of drug-likeness (QED) is 0.762. The summed E-state index contributed by atoms with van der Waals surface area (Å²) in [5, 5.41) is 2.63. The molecular weight excluding hydrogens is 316 g/mol. The SMILES string of the molecule is COCCNC(=O)[C@H](C)N1C(=O)CS[C@H]1c1ccc(OC)cc1. The van der Waals surface area contributed by atoms with Gasteiger partial charge in [0, 0.05) is 13.7 Å². The molecule has 126 valence electrons. The van der Waals surface area contributed by atoms with Gasteiger partial charge in [-0.15, -0.1) is 11.8 Å². The molecule has 0 unspecified atom stereocenters. The van der Waals surface area contributed by atoms with Gasteiger partial charge in [-0.2, -0.15) is 0 Å². The molecule has 1 aliphatic rings. The lowest BCUT2D eigenvalue weighted by atomic mass is 10.1. The van der Waals surface area contributed by atoms with E-state index in [1.165, 1.54) is 11.8 Å². The number of methoxy groups -OCH3 is 2. The van der Waals surface area contributed by atoms with Gasteiger partial charge in [-0.25, -0.2) is 0 Å². The van der Waals surface area contributed by atoms with E-state index in [2.05, 4.69) is 5.32 Å². The third-order valence-electron chi connectivity index (χ3n) is 3.71. The molecule has 1 heterocycles. The predicted octanol–water partition coefficient (Wildman–Crippen LogP) is 1.42. The minimum atomic E-state index is -0.526. The summed E-state index contributed by atoms with van der Waals surface area (Å²) in [7, 11) is 3.19. The molecule has 0 radical (unpaired) electrons. The first-order valence-electron chi connectivity index (χ1n) is 7.42. The second-order valence-electron chi connectivity index (χ2n) is 5.20. The first-order chi connectivity index (χ1) is 11.1.